The lowest BCUT2D eigenvalue weighted by Gasteiger charge is -2.28. The van der Waals surface area contributed by atoms with Crippen molar-refractivity contribution < 1.29 is 8.78 Å². The van der Waals surface area contributed by atoms with Crippen molar-refractivity contribution in [2.75, 3.05) is 12.3 Å². The van der Waals surface area contributed by atoms with Crippen LogP contribution in [-0.2, 0) is 0 Å². The summed E-state index contributed by atoms with van der Waals surface area (Å²) in [7, 11) is 0. The Morgan fingerprint density at radius 1 is 1.31 bits per heavy atom. The highest BCUT2D eigenvalue weighted by Gasteiger charge is 2.22. The Bertz CT molecular complexity index is 335. The van der Waals surface area contributed by atoms with E-state index in [1.807, 2.05) is 0 Å². The molecule has 0 radical (unpaired) electrons. The minimum Gasteiger partial charge on any atom is -0.396 e. The maximum absolute atomic E-state index is 13.2. The molecule has 2 rings (SSSR count). The summed E-state index contributed by atoms with van der Waals surface area (Å²) in [6, 6.07) is 2.20. The van der Waals surface area contributed by atoms with Crippen molar-refractivity contribution in [3.63, 3.8) is 0 Å². The van der Waals surface area contributed by atoms with Gasteiger partial charge < -0.3 is 11.1 Å². The van der Waals surface area contributed by atoms with Crippen LogP contribution in [-0.4, -0.2) is 6.54 Å². The molecule has 0 bridgehead atoms. The number of anilines is 1. The predicted octanol–water partition coefficient (Wildman–Crippen LogP) is 1.58. The molecule has 70 valence electrons. The van der Waals surface area contributed by atoms with Crippen LogP contribution in [0.25, 0.3) is 0 Å². The van der Waals surface area contributed by atoms with Crippen LogP contribution in [0.15, 0.2) is 12.1 Å². The van der Waals surface area contributed by atoms with Crippen molar-refractivity contribution >= 4 is 5.69 Å². The maximum Gasteiger partial charge on any atom is 0.149 e. The Balaban J connectivity index is 2.39. The fourth-order valence-corrected chi connectivity index (χ4v) is 1.40. The summed E-state index contributed by atoms with van der Waals surface area (Å²) in [6.07, 6.45) is 0.877. The van der Waals surface area contributed by atoms with E-state index in [1.165, 1.54) is 6.07 Å². The van der Waals surface area contributed by atoms with Gasteiger partial charge >= 0.3 is 0 Å². The molecular weight excluding hydrogens is 174 g/mol. The van der Waals surface area contributed by atoms with E-state index in [1.54, 1.807) is 0 Å². The molecule has 1 heterocycles. The van der Waals surface area contributed by atoms with Crippen LogP contribution in [0.3, 0.4) is 0 Å². The number of hydrogen-bond acceptors (Lipinski definition) is 2. The number of rotatable bonds is 1. The highest BCUT2D eigenvalue weighted by atomic mass is 19.1. The Kier molecular flexibility index (Phi) is 1.92. The zero-order valence-electron chi connectivity index (χ0n) is 6.98. The van der Waals surface area contributed by atoms with Crippen molar-refractivity contribution in [1.82, 2.24) is 5.32 Å². The van der Waals surface area contributed by atoms with Crippen LogP contribution in [0.2, 0.25) is 0 Å². The average Bonchev–Trinajstić information content (AvgIpc) is 1.96. The van der Waals surface area contributed by atoms with Crippen molar-refractivity contribution in [1.29, 1.82) is 0 Å². The number of benzene rings is 1. The number of halogens is 2. The van der Waals surface area contributed by atoms with Crippen LogP contribution in [0.1, 0.15) is 18.0 Å². The normalized spacial score (nSPS) is 21.2. The molecule has 0 saturated carbocycles. The molecule has 1 atom stereocenters. The minimum atomic E-state index is -0.694. The SMILES string of the molecule is Nc1cc([C@H]2CCN2)c(F)cc1F. The fourth-order valence-electron chi connectivity index (χ4n) is 1.40. The van der Waals surface area contributed by atoms with E-state index >= 15 is 0 Å². The zero-order valence-corrected chi connectivity index (χ0v) is 6.98. The predicted molar refractivity (Wildman–Crippen MR) is 46.1 cm³/mol. The first kappa shape index (κ1) is 8.44. The van der Waals surface area contributed by atoms with Crippen LogP contribution < -0.4 is 11.1 Å². The van der Waals surface area contributed by atoms with Gasteiger partial charge in [-0.25, -0.2) is 8.78 Å². The van der Waals surface area contributed by atoms with Crippen molar-refractivity contribution in [3.05, 3.63) is 29.3 Å². The van der Waals surface area contributed by atoms with Gasteiger partial charge in [-0.15, -0.1) is 0 Å². The summed E-state index contributed by atoms with van der Waals surface area (Å²) in [5.74, 6) is -1.22. The molecule has 13 heavy (non-hydrogen) atoms. The van der Waals surface area contributed by atoms with Gasteiger partial charge in [0.05, 0.1) is 5.69 Å². The topological polar surface area (TPSA) is 38.0 Å². The lowest BCUT2D eigenvalue weighted by atomic mass is 9.97. The lowest BCUT2D eigenvalue weighted by molar-refractivity contribution is 0.369. The number of nitrogens with two attached hydrogens (primary N) is 1. The van der Waals surface area contributed by atoms with E-state index in [2.05, 4.69) is 5.32 Å². The fraction of sp³-hybridized carbons (Fsp3) is 0.333. The van der Waals surface area contributed by atoms with Gasteiger partial charge in [-0.3, -0.25) is 0 Å². The number of nitrogen functional groups attached to an aromatic ring is 1. The number of nitrogens with one attached hydrogen (secondary N) is 1. The standard InChI is InChI=1S/C9H10F2N2/c10-6-4-7(11)8(12)3-5(6)9-1-2-13-9/h3-4,9,13H,1-2,12H2/t9-/m1/s1. The smallest absolute Gasteiger partial charge is 0.149 e. The summed E-state index contributed by atoms with van der Waals surface area (Å²) in [6.45, 7) is 0.876. The Labute approximate surface area is 74.7 Å². The Morgan fingerprint density at radius 2 is 2.00 bits per heavy atom. The van der Waals surface area contributed by atoms with Gasteiger partial charge in [0.1, 0.15) is 11.6 Å². The highest BCUT2D eigenvalue weighted by molar-refractivity contribution is 5.44. The molecule has 1 saturated heterocycles. The molecule has 1 fully saturated rings. The van der Waals surface area contributed by atoms with E-state index in [0.29, 0.717) is 5.56 Å². The Morgan fingerprint density at radius 3 is 2.54 bits per heavy atom. The zero-order chi connectivity index (χ0) is 9.42. The average molecular weight is 184 g/mol. The van der Waals surface area contributed by atoms with Crippen LogP contribution in [0.4, 0.5) is 14.5 Å². The molecule has 3 N–H and O–H groups in total. The molecule has 0 spiro atoms. The van der Waals surface area contributed by atoms with Crippen molar-refractivity contribution in [3.8, 4) is 0 Å². The molecule has 1 aliphatic heterocycles. The van der Waals surface area contributed by atoms with E-state index in [0.717, 1.165) is 19.0 Å². The quantitative estimate of drug-likeness (QED) is 0.650. The molecular formula is C9H10F2N2. The molecule has 1 aromatic rings. The molecule has 0 unspecified atom stereocenters. The molecule has 0 aliphatic carbocycles. The second-order valence-corrected chi connectivity index (χ2v) is 3.19. The molecule has 1 aliphatic rings. The summed E-state index contributed by atoms with van der Waals surface area (Å²) in [5, 5.41) is 3.03. The molecule has 0 amide bonds. The second kappa shape index (κ2) is 2.96. The number of hydrogen-bond donors (Lipinski definition) is 2. The summed E-state index contributed by atoms with van der Waals surface area (Å²) < 4.78 is 25.9. The largest absolute Gasteiger partial charge is 0.396 e. The summed E-state index contributed by atoms with van der Waals surface area (Å²) >= 11 is 0. The van der Waals surface area contributed by atoms with Gasteiger partial charge in [0.25, 0.3) is 0 Å². The molecule has 2 nitrogen and oxygen atoms in total. The van der Waals surface area contributed by atoms with Gasteiger partial charge in [-0.2, -0.15) is 0 Å². The molecule has 1 aromatic carbocycles. The Hall–Kier alpha value is -1.16. The monoisotopic (exact) mass is 184 g/mol. The third-order valence-electron chi connectivity index (χ3n) is 2.32. The van der Waals surface area contributed by atoms with E-state index < -0.39 is 11.6 Å². The van der Waals surface area contributed by atoms with Crippen molar-refractivity contribution in [2.24, 2.45) is 0 Å². The minimum absolute atomic E-state index is 0.00269. The molecule has 0 aromatic heterocycles. The van der Waals surface area contributed by atoms with Gasteiger partial charge in [0, 0.05) is 17.7 Å². The van der Waals surface area contributed by atoms with E-state index in [-0.39, 0.29) is 11.7 Å². The third kappa shape index (κ3) is 1.37. The first-order valence-electron chi connectivity index (χ1n) is 4.16. The van der Waals surface area contributed by atoms with E-state index in [4.69, 9.17) is 5.73 Å². The van der Waals surface area contributed by atoms with Crippen LogP contribution in [0, 0.1) is 11.6 Å². The van der Waals surface area contributed by atoms with Gasteiger partial charge in [-0.1, -0.05) is 0 Å². The van der Waals surface area contributed by atoms with Gasteiger partial charge in [0.2, 0.25) is 0 Å². The molecule has 4 heteroatoms. The van der Waals surface area contributed by atoms with Crippen molar-refractivity contribution in [2.45, 2.75) is 12.5 Å². The third-order valence-corrected chi connectivity index (χ3v) is 2.32. The van der Waals surface area contributed by atoms with Crippen LogP contribution >= 0.6 is 0 Å². The highest BCUT2D eigenvalue weighted by Crippen LogP contribution is 2.28. The first-order chi connectivity index (χ1) is 6.18. The summed E-state index contributed by atoms with van der Waals surface area (Å²) in [5.41, 5.74) is 5.80. The van der Waals surface area contributed by atoms with Gasteiger partial charge in [0.15, 0.2) is 0 Å². The lowest BCUT2D eigenvalue weighted by Crippen LogP contribution is -2.35. The van der Waals surface area contributed by atoms with E-state index in [9.17, 15) is 8.78 Å². The maximum atomic E-state index is 13.2. The second-order valence-electron chi connectivity index (χ2n) is 3.19. The van der Waals surface area contributed by atoms with Crippen LogP contribution in [0.5, 0.6) is 0 Å². The first-order valence-corrected chi connectivity index (χ1v) is 4.16. The summed E-state index contributed by atoms with van der Waals surface area (Å²) in [4.78, 5) is 0. The van der Waals surface area contributed by atoms with Gasteiger partial charge in [-0.05, 0) is 19.0 Å².